The summed E-state index contributed by atoms with van der Waals surface area (Å²) in [4.78, 5) is 34.5. The third-order valence-electron chi connectivity index (χ3n) is 7.61. The van der Waals surface area contributed by atoms with Crippen LogP contribution < -0.4 is 5.69 Å². The molecule has 6 heteroatoms. The van der Waals surface area contributed by atoms with E-state index in [0.717, 1.165) is 35.8 Å². The Balaban J connectivity index is 1.20. The molecule has 0 aliphatic carbocycles. The zero-order valence-corrected chi connectivity index (χ0v) is 20.2. The number of H-pyrrole nitrogens is 2. The molecule has 0 saturated carbocycles. The van der Waals surface area contributed by atoms with Gasteiger partial charge in [-0.15, -0.1) is 0 Å². The Morgan fingerprint density at radius 3 is 2.39 bits per heavy atom. The average molecular weight is 479 g/mol. The van der Waals surface area contributed by atoms with Gasteiger partial charge in [0, 0.05) is 42.7 Å². The Morgan fingerprint density at radius 1 is 0.889 bits per heavy atom. The summed E-state index contributed by atoms with van der Waals surface area (Å²) < 4.78 is 1.88. The number of amides is 1. The van der Waals surface area contributed by atoms with Gasteiger partial charge in [-0.3, -0.25) is 9.36 Å². The predicted molar refractivity (Wildman–Crippen MR) is 143 cm³/mol. The van der Waals surface area contributed by atoms with Crippen LogP contribution in [0.5, 0.6) is 0 Å². The number of benzene rings is 3. The van der Waals surface area contributed by atoms with Gasteiger partial charge in [-0.05, 0) is 54.5 Å². The van der Waals surface area contributed by atoms with Gasteiger partial charge in [0.15, 0.2) is 0 Å². The fourth-order valence-electron chi connectivity index (χ4n) is 5.77. The Bertz CT molecular complexity index is 1550. The second kappa shape index (κ2) is 9.53. The summed E-state index contributed by atoms with van der Waals surface area (Å²) in [7, 11) is 0. The van der Waals surface area contributed by atoms with Crippen molar-refractivity contribution in [3.63, 3.8) is 0 Å². The summed E-state index contributed by atoms with van der Waals surface area (Å²) in [6.45, 7) is 1.34. The van der Waals surface area contributed by atoms with Crippen molar-refractivity contribution in [3.05, 3.63) is 107 Å². The lowest BCUT2D eigenvalue weighted by Gasteiger charge is -2.33. The van der Waals surface area contributed by atoms with Gasteiger partial charge in [0.25, 0.3) is 0 Å². The third-order valence-corrected chi connectivity index (χ3v) is 7.61. The second-order valence-corrected chi connectivity index (χ2v) is 9.81. The van der Waals surface area contributed by atoms with Crippen LogP contribution in [0.3, 0.4) is 0 Å². The van der Waals surface area contributed by atoms with E-state index in [9.17, 15) is 9.59 Å². The van der Waals surface area contributed by atoms with Crippen molar-refractivity contribution in [2.75, 3.05) is 13.1 Å². The quantitative estimate of drug-likeness (QED) is 0.343. The van der Waals surface area contributed by atoms with E-state index in [1.807, 2.05) is 45.9 Å². The number of aromatic nitrogens is 3. The second-order valence-electron chi connectivity index (χ2n) is 9.81. The number of para-hydroxylation sites is 3. The number of piperidine rings is 1. The minimum Gasteiger partial charge on any atom is -0.361 e. The number of hydrogen-bond donors (Lipinski definition) is 2. The minimum atomic E-state index is -0.0664. The molecule has 2 N–H and O–H groups in total. The van der Waals surface area contributed by atoms with E-state index in [4.69, 9.17) is 0 Å². The topological polar surface area (TPSA) is 73.9 Å². The molecule has 1 amide bonds. The molecule has 6 rings (SSSR count). The van der Waals surface area contributed by atoms with Crippen molar-refractivity contribution >= 4 is 27.8 Å². The third kappa shape index (κ3) is 4.24. The molecule has 1 aliphatic heterocycles. The van der Waals surface area contributed by atoms with E-state index in [-0.39, 0.29) is 23.6 Å². The van der Waals surface area contributed by atoms with Gasteiger partial charge in [0.2, 0.25) is 5.91 Å². The van der Waals surface area contributed by atoms with Crippen molar-refractivity contribution in [1.82, 2.24) is 19.4 Å². The number of fused-ring (bicyclic) bond motifs is 2. The van der Waals surface area contributed by atoms with Crippen LogP contribution in [0.15, 0.2) is 89.9 Å². The maximum Gasteiger partial charge on any atom is 0.326 e. The van der Waals surface area contributed by atoms with Crippen molar-refractivity contribution in [3.8, 4) is 0 Å². The molecule has 182 valence electrons. The molecule has 1 aliphatic rings. The first-order chi connectivity index (χ1) is 17.7. The Morgan fingerprint density at radius 2 is 1.58 bits per heavy atom. The number of nitrogens with zero attached hydrogens (tertiary/aromatic N) is 2. The van der Waals surface area contributed by atoms with Crippen LogP contribution in [-0.4, -0.2) is 38.4 Å². The van der Waals surface area contributed by atoms with Gasteiger partial charge < -0.3 is 14.9 Å². The van der Waals surface area contributed by atoms with Gasteiger partial charge in [0.05, 0.1) is 11.0 Å². The number of hydrogen-bond acceptors (Lipinski definition) is 2. The number of aromatic amines is 2. The molecule has 1 atom stereocenters. The maximum absolute atomic E-state index is 13.5. The Labute approximate surface area is 209 Å². The van der Waals surface area contributed by atoms with Crippen molar-refractivity contribution in [2.24, 2.45) is 0 Å². The smallest absolute Gasteiger partial charge is 0.326 e. The molecule has 0 spiro atoms. The van der Waals surface area contributed by atoms with E-state index in [2.05, 4.69) is 58.6 Å². The molecule has 0 bridgehead atoms. The van der Waals surface area contributed by atoms with E-state index in [1.165, 1.54) is 16.5 Å². The zero-order valence-electron chi connectivity index (χ0n) is 20.2. The van der Waals surface area contributed by atoms with Crippen molar-refractivity contribution in [1.29, 1.82) is 0 Å². The fraction of sp³-hybridized carbons (Fsp3) is 0.267. The molecule has 1 saturated heterocycles. The normalized spacial score (nSPS) is 15.5. The molecule has 36 heavy (non-hydrogen) atoms. The highest BCUT2D eigenvalue weighted by Crippen LogP contribution is 2.32. The SMILES string of the molecule is O=C(CC(Cc1ccccc1)c1c[nH]c2ccccc12)N1CCC(n2c(=O)[nH]c3ccccc32)CC1. The van der Waals surface area contributed by atoms with Gasteiger partial charge in [-0.2, -0.15) is 0 Å². The average Bonchev–Trinajstić information content (AvgIpc) is 3.49. The Kier molecular flexibility index (Phi) is 5.93. The van der Waals surface area contributed by atoms with Crippen molar-refractivity contribution < 1.29 is 4.79 Å². The summed E-state index contributed by atoms with van der Waals surface area (Å²) in [5, 5.41) is 1.18. The van der Waals surface area contributed by atoms with Crippen LogP contribution in [0.2, 0.25) is 0 Å². The number of likely N-dealkylation sites (tertiary alicyclic amines) is 1. The van der Waals surface area contributed by atoms with E-state index < -0.39 is 0 Å². The van der Waals surface area contributed by atoms with Crippen molar-refractivity contribution in [2.45, 2.75) is 37.6 Å². The lowest BCUT2D eigenvalue weighted by atomic mass is 9.88. The molecule has 2 aromatic heterocycles. The number of imidazole rings is 1. The summed E-state index contributed by atoms with van der Waals surface area (Å²) in [5.41, 5.74) is 5.27. The van der Waals surface area contributed by atoms with E-state index in [0.29, 0.717) is 19.5 Å². The summed E-state index contributed by atoms with van der Waals surface area (Å²) in [6.07, 6.45) is 4.92. The first-order valence-corrected chi connectivity index (χ1v) is 12.7. The molecule has 3 aromatic carbocycles. The number of rotatable bonds is 6. The lowest BCUT2D eigenvalue weighted by molar-refractivity contribution is -0.132. The highest BCUT2D eigenvalue weighted by molar-refractivity contribution is 5.85. The van der Waals surface area contributed by atoms with Crippen LogP contribution in [0.4, 0.5) is 0 Å². The molecule has 5 aromatic rings. The standard InChI is InChI=1S/C30H30N4O2/c35-29(33-16-14-23(15-17-33)34-28-13-7-6-12-27(28)32-30(34)36)19-22(18-21-8-2-1-3-9-21)25-20-31-26-11-5-4-10-24(25)26/h1-13,20,22-23,31H,14-19H2,(H,32,36). The van der Waals surface area contributed by atoms with Gasteiger partial charge in [-0.1, -0.05) is 60.7 Å². The molecule has 3 heterocycles. The maximum atomic E-state index is 13.5. The van der Waals surface area contributed by atoms with E-state index in [1.54, 1.807) is 0 Å². The first-order valence-electron chi connectivity index (χ1n) is 12.7. The van der Waals surface area contributed by atoms with Gasteiger partial charge in [0.1, 0.15) is 0 Å². The number of nitrogens with one attached hydrogen (secondary N) is 2. The molecule has 1 fully saturated rings. The fourth-order valence-corrected chi connectivity index (χ4v) is 5.77. The monoisotopic (exact) mass is 478 g/mol. The van der Waals surface area contributed by atoms with Crippen LogP contribution in [0, 0.1) is 0 Å². The highest BCUT2D eigenvalue weighted by atomic mass is 16.2. The lowest BCUT2D eigenvalue weighted by Crippen LogP contribution is -2.41. The summed E-state index contributed by atoms with van der Waals surface area (Å²) >= 11 is 0. The number of carbonyl (C=O) groups is 1. The molecule has 1 unspecified atom stereocenters. The molecular weight excluding hydrogens is 448 g/mol. The van der Waals surface area contributed by atoms with Crippen LogP contribution >= 0.6 is 0 Å². The molecular formula is C30H30N4O2. The highest BCUT2D eigenvalue weighted by Gasteiger charge is 2.28. The van der Waals surface area contributed by atoms with Gasteiger partial charge >= 0.3 is 5.69 Å². The Hall–Kier alpha value is -4.06. The molecule has 6 nitrogen and oxygen atoms in total. The summed E-state index contributed by atoms with van der Waals surface area (Å²) in [6, 6.07) is 26.6. The zero-order chi connectivity index (χ0) is 24.5. The van der Waals surface area contributed by atoms with Crippen LogP contribution in [0.25, 0.3) is 21.9 Å². The predicted octanol–water partition coefficient (Wildman–Crippen LogP) is 5.39. The van der Waals surface area contributed by atoms with E-state index >= 15 is 0 Å². The number of carbonyl (C=O) groups excluding carboxylic acids is 1. The largest absolute Gasteiger partial charge is 0.361 e. The molecule has 0 radical (unpaired) electrons. The van der Waals surface area contributed by atoms with Crippen LogP contribution in [0.1, 0.15) is 42.3 Å². The van der Waals surface area contributed by atoms with Crippen LogP contribution in [-0.2, 0) is 11.2 Å². The minimum absolute atomic E-state index is 0.0664. The summed E-state index contributed by atoms with van der Waals surface area (Å²) in [5.74, 6) is 0.274. The van der Waals surface area contributed by atoms with Gasteiger partial charge in [-0.25, -0.2) is 4.79 Å². The first kappa shape index (κ1) is 22.4.